The van der Waals surface area contributed by atoms with Crippen LogP contribution in [-0.4, -0.2) is 12.5 Å². The summed E-state index contributed by atoms with van der Waals surface area (Å²) < 4.78 is 0.984. The second kappa shape index (κ2) is 6.57. The van der Waals surface area contributed by atoms with Gasteiger partial charge in [-0.25, -0.2) is 0 Å². The molecule has 4 heteroatoms. The Morgan fingerprint density at radius 1 is 1.15 bits per heavy atom. The van der Waals surface area contributed by atoms with Crippen LogP contribution in [0, 0.1) is 13.8 Å². The van der Waals surface area contributed by atoms with Crippen molar-refractivity contribution in [1.82, 2.24) is 0 Å². The maximum absolute atomic E-state index is 11.9. The topological polar surface area (TPSA) is 41.1 Å². The minimum atomic E-state index is -0.0568. The smallest absolute Gasteiger partial charge is 0.243 e. The quantitative estimate of drug-likeness (QED) is 0.884. The fourth-order valence-electron chi connectivity index (χ4n) is 1.85. The normalized spacial score (nSPS) is 10.2. The fraction of sp³-hybridized carbons (Fsp3) is 0.188. The van der Waals surface area contributed by atoms with Crippen molar-refractivity contribution in [2.45, 2.75) is 13.8 Å². The molecule has 2 rings (SSSR count). The van der Waals surface area contributed by atoms with Crippen molar-refractivity contribution in [1.29, 1.82) is 0 Å². The third-order valence-electron chi connectivity index (χ3n) is 2.94. The molecule has 20 heavy (non-hydrogen) atoms. The molecule has 0 spiro atoms. The molecule has 0 heterocycles. The predicted molar refractivity (Wildman–Crippen MR) is 87.2 cm³/mol. The van der Waals surface area contributed by atoms with Gasteiger partial charge in [0, 0.05) is 15.8 Å². The minimum absolute atomic E-state index is 0.0568. The number of aryl methyl sites for hydroxylation is 2. The van der Waals surface area contributed by atoms with E-state index in [4.69, 9.17) is 0 Å². The molecule has 0 aromatic heterocycles. The number of benzene rings is 2. The van der Waals surface area contributed by atoms with Crippen LogP contribution in [0.15, 0.2) is 46.9 Å². The number of hydrogen-bond donors (Lipinski definition) is 2. The summed E-state index contributed by atoms with van der Waals surface area (Å²) in [4.78, 5) is 11.9. The van der Waals surface area contributed by atoms with Crippen molar-refractivity contribution in [3.8, 4) is 0 Å². The van der Waals surface area contributed by atoms with Crippen molar-refractivity contribution >= 4 is 33.2 Å². The van der Waals surface area contributed by atoms with Crippen LogP contribution in [0.4, 0.5) is 11.4 Å². The average Bonchev–Trinajstić information content (AvgIpc) is 2.41. The van der Waals surface area contributed by atoms with Crippen LogP contribution < -0.4 is 10.6 Å². The Labute approximate surface area is 127 Å². The molecule has 0 fully saturated rings. The lowest BCUT2D eigenvalue weighted by Gasteiger charge is -2.10. The van der Waals surface area contributed by atoms with Gasteiger partial charge in [-0.05, 0) is 49.2 Å². The Kier molecular flexibility index (Phi) is 4.79. The van der Waals surface area contributed by atoms with Gasteiger partial charge in [-0.15, -0.1) is 0 Å². The Bertz CT molecular complexity index is 626. The Balaban J connectivity index is 1.94. The molecule has 0 aliphatic carbocycles. The third kappa shape index (κ3) is 4.10. The van der Waals surface area contributed by atoms with E-state index in [1.807, 2.05) is 56.3 Å². The van der Waals surface area contributed by atoms with Gasteiger partial charge in [0.05, 0.1) is 6.54 Å². The highest BCUT2D eigenvalue weighted by Crippen LogP contribution is 2.17. The molecule has 104 valence electrons. The molecule has 0 saturated heterocycles. The third-order valence-corrected chi connectivity index (χ3v) is 3.44. The summed E-state index contributed by atoms with van der Waals surface area (Å²) in [5.41, 5.74) is 3.97. The maximum Gasteiger partial charge on any atom is 0.243 e. The van der Waals surface area contributed by atoms with Crippen LogP contribution in [0.2, 0.25) is 0 Å². The lowest BCUT2D eigenvalue weighted by Crippen LogP contribution is -2.22. The molecule has 3 nitrogen and oxygen atoms in total. The van der Waals surface area contributed by atoms with Crippen LogP contribution in [-0.2, 0) is 4.79 Å². The highest BCUT2D eigenvalue weighted by Gasteiger charge is 2.05. The zero-order chi connectivity index (χ0) is 14.5. The monoisotopic (exact) mass is 332 g/mol. The number of hydrogen-bond acceptors (Lipinski definition) is 2. The molecule has 0 unspecified atom stereocenters. The molecule has 2 aromatic carbocycles. The molecular weight excluding hydrogens is 316 g/mol. The first-order valence-corrected chi connectivity index (χ1v) is 7.20. The van der Waals surface area contributed by atoms with Gasteiger partial charge in [0.25, 0.3) is 0 Å². The number of carbonyl (C=O) groups is 1. The fourth-order valence-corrected chi connectivity index (χ4v) is 2.24. The van der Waals surface area contributed by atoms with Gasteiger partial charge in [0.1, 0.15) is 0 Å². The lowest BCUT2D eigenvalue weighted by atomic mass is 10.1. The largest absolute Gasteiger partial charge is 0.376 e. The Hall–Kier alpha value is -1.81. The first-order chi connectivity index (χ1) is 9.54. The molecule has 0 atom stereocenters. The van der Waals surface area contributed by atoms with Crippen LogP contribution in [0.3, 0.4) is 0 Å². The molecule has 1 amide bonds. The van der Waals surface area contributed by atoms with Crippen molar-refractivity contribution in [3.63, 3.8) is 0 Å². The Morgan fingerprint density at radius 3 is 2.70 bits per heavy atom. The molecule has 2 aromatic rings. The van der Waals surface area contributed by atoms with Gasteiger partial charge < -0.3 is 10.6 Å². The molecule has 0 saturated carbocycles. The second-order valence-corrected chi connectivity index (χ2v) is 5.65. The summed E-state index contributed by atoms with van der Waals surface area (Å²) in [5, 5.41) is 6.02. The van der Waals surface area contributed by atoms with E-state index in [1.165, 1.54) is 0 Å². The van der Waals surface area contributed by atoms with E-state index in [2.05, 4.69) is 26.6 Å². The summed E-state index contributed by atoms with van der Waals surface area (Å²) >= 11 is 3.40. The van der Waals surface area contributed by atoms with Gasteiger partial charge in [0.2, 0.25) is 5.91 Å². The minimum Gasteiger partial charge on any atom is -0.376 e. The standard InChI is InChI=1S/C16H17BrN2O/c1-11-6-7-12(2)15(8-11)19-16(20)10-18-14-5-3-4-13(17)9-14/h3-9,18H,10H2,1-2H3,(H,19,20). The summed E-state index contributed by atoms with van der Waals surface area (Å²) in [5.74, 6) is -0.0568. The van der Waals surface area contributed by atoms with Crippen molar-refractivity contribution < 1.29 is 4.79 Å². The number of nitrogens with one attached hydrogen (secondary N) is 2. The van der Waals surface area contributed by atoms with E-state index < -0.39 is 0 Å². The predicted octanol–water partition coefficient (Wildman–Crippen LogP) is 4.12. The molecular formula is C16H17BrN2O. The maximum atomic E-state index is 11.9. The van der Waals surface area contributed by atoms with Gasteiger partial charge in [-0.3, -0.25) is 4.79 Å². The summed E-state index contributed by atoms with van der Waals surface area (Å²) in [6.45, 7) is 4.23. The SMILES string of the molecule is Cc1ccc(C)c(NC(=O)CNc2cccc(Br)c2)c1. The number of amides is 1. The molecule has 0 radical (unpaired) electrons. The number of rotatable bonds is 4. The molecule has 0 aliphatic heterocycles. The second-order valence-electron chi connectivity index (χ2n) is 4.73. The van der Waals surface area contributed by atoms with E-state index in [9.17, 15) is 4.79 Å². The van der Waals surface area contributed by atoms with E-state index >= 15 is 0 Å². The van der Waals surface area contributed by atoms with Gasteiger partial charge in [0.15, 0.2) is 0 Å². The van der Waals surface area contributed by atoms with Gasteiger partial charge >= 0.3 is 0 Å². The summed E-state index contributed by atoms with van der Waals surface area (Å²) in [6.07, 6.45) is 0. The highest BCUT2D eigenvalue weighted by atomic mass is 79.9. The van der Waals surface area contributed by atoms with Gasteiger partial charge in [-0.2, -0.15) is 0 Å². The molecule has 2 N–H and O–H groups in total. The van der Waals surface area contributed by atoms with Crippen molar-refractivity contribution in [3.05, 3.63) is 58.1 Å². The molecule has 0 aliphatic rings. The number of halogens is 1. The average molecular weight is 333 g/mol. The first-order valence-electron chi connectivity index (χ1n) is 6.41. The number of anilines is 2. The Morgan fingerprint density at radius 2 is 1.95 bits per heavy atom. The highest BCUT2D eigenvalue weighted by molar-refractivity contribution is 9.10. The van der Waals surface area contributed by atoms with E-state index in [-0.39, 0.29) is 12.5 Å². The van der Waals surface area contributed by atoms with Crippen LogP contribution in [0.5, 0.6) is 0 Å². The zero-order valence-electron chi connectivity index (χ0n) is 11.5. The van der Waals surface area contributed by atoms with Crippen molar-refractivity contribution in [2.24, 2.45) is 0 Å². The summed E-state index contributed by atoms with van der Waals surface area (Å²) in [7, 11) is 0. The van der Waals surface area contributed by atoms with Crippen LogP contribution in [0.1, 0.15) is 11.1 Å². The van der Waals surface area contributed by atoms with Gasteiger partial charge in [-0.1, -0.05) is 34.1 Å². The van der Waals surface area contributed by atoms with E-state index in [0.717, 1.165) is 27.0 Å². The lowest BCUT2D eigenvalue weighted by molar-refractivity contribution is -0.114. The van der Waals surface area contributed by atoms with Crippen LogP contribution >= 0.6 is 15.9 Å². The number of carbonyl (C=O) groups excluding carboxylic acids is 1. The summed E-state index contributed by atoms with van der Waals surface area (Å²) in [6, 6.07) is 13.8. The zero-order valence-corrected chi connectivity index (χ0v) is 13.1. The first kappa shape index (κ1) is 14.6. The van der Waals surface area contributed by atoms with E-state index in [0.29, 0.717) is 0 Å². The van der Waals surface area contributed by atoms with Crippen LogP contribution in [0.25, 0.3) is 0 Å². The van der Waals surface area contributed by atoms with E-state index in [1.54, 1.807) is 0 Å². The molecule has 0 bridgehead atoms. The van der Waals surface area contributed by atoms with Crippen molar-refractivity contribution in [2.75, 3.05) is 17.2 Å².